The highest BCUT2D eigenvalue weighted by atomic mass is 16.5. The third-order valence-electron chi connectivity index (χ3n) is 3.93. The van der Waals surface area contributed by atoms with Crippen molar-refractivity contribution in [1.82, 2.24) is 10.3 Å². The molecule has 0 spiro atoms. The SMILES string of the molecule is COc1ccc2c(c1)OC(C)(C)CC2NCc1ccccn1. The van der Waals surface area contributed by atoms with Crippen LogP contribution in [-0.4, -0.2) is 17.7 Å². The Morgan fingerprint density at radius 2 is 2.18 bits per heavy atom. The van der Waals surface area contributed by atoms with E-state index in [2.05, 4.69) is 30.2 Å². The monoisotopic (exact) mass is 298 g/mol. The molecule has 2 aromatic rings. The van der Waals surface area contributed by atoms with Crippen molar-refractivity contribution in [3.8, 4) is 11.5 Å². The highest BCUT2D eigenvalue weighted by Crippen LogP contribution is 2.41. The van der Waals surface area contributed by atoms with Gasteiger partial charge in [0.1, 0.15) is 17.1 Å². The molecule has 0 saturated carbocycles. The number of nitrogens with one attached hydrogen (secondary N) is 1. The van der Waals surface area contributed by atoms with Crippen LogP contribution >= 0.6 is 0 Å². The average molecular weight is 298 g/mol. The van der Waals surface area contributed by atoms with Crippen LogP contribution in [0.15, 0.2) is 42.6 Å². The molecular weight excluding hydrogens is 276 g/mol. The lowest BCUT2D eigenvalue weighted by Crippen LogP contribution is -2.39. The van der Waals surface area contributed by atoms with Crippen molar-refractivity contribution in [2.75, 3.05) is 7.11 Å². The van der Waals surface area contributed by atoms with Crippen LogP contribution in [0.3, 0.4) is 0 Å². The second-order valence-electron chi connectivity index (χ2n) is 6.22. The Bertz CT molecular complexity index is 641. The predicted octanol–water partition coefficient (Wildman–Crippen LogP) is 3.48. The van der Waals surface area contributed by atoms with E-state index in [4.69, 9.17) is 9.47 Å². The van der Waals surface area contributed by atoms with Gasteiger partial charge in [-0.15, -0.1) is 0 Å². The lowest BCUT2D eigenvalue weighted by molar-refractivity contribution is 0.0653. The van der Waals surface area contributed by atoms with Crippen molar-refractivity contribution in [3.05, 3.63) is 53.9 Å². The summed E-state index contributed by atoms with van der Waals surface area (Å²) in [5, 5.41) is 3.60. The van der Waals surface area contributed by atoms with Gasteiger partial charge >= 0.3 is 0 Å². The van der Waals surface area contributed by atoms with Crippen LogP contribution in [0.25, 0.3) is 0 Å². The van der Waals surface area contributed by atoms with Crippen LogP contribution in [0.4, 0.5) is 0 Å². The van der Waals surface area contributed by atoms with Crippen LogP contribution in [-0.2, 0) is 6.54 Å². The molecule has 0 fully saturated rings. The first-order chi connectivity index (χ1) is 10.6. The van der Waals surface area contributed by atoms with Gasteiger partial charge in [-0.1, -0.05) is 12.1 Å². The number of hydrogen-bond donors (Lipinski definition) is 1. The molecule has 22 heavy (non-hydrogen) atoms. The maximum absolute atomic E-state index is 6.11. The third-order valence-corrected chi connectivity index (χ3v) is 3.93. The van der Waals surface area contributed by atoms with Gasteiger partial charge in [-0.25, -0.2) is 0 Å². The van der Waals surface area contributed by atoms with E-state index >= 15 is 0 Å². The third kappa shape index (κ3) is 3.22. The first kappa shape index (κ1) is 14.9. The number of fused-ring (bicyclic) bond motifs is 1. The molecule has 116 valence electrons. The molecule has 1 aliphatic heterocycles. The summed E-state index contributed by atoms with van der Waals surface area (Å²) >= 11 is 0. The number of methoxy groups -OCH3 is 1. The van der Waals surface area contributed by atoms with Gasteiger partial charge in [-0.05, 0) is 32.0 Å². The maximum Gasteiger partial charge on any atom is 0.128 e. The fourth-order valence-electron chi connectivity index (χ4n) is 2.87. The molecule has 1 aromatic heterocycles. The van der Waals surface area contributed by atoms with Gasteiger partial charge in [0.25, 0.3) is 0 Å². The summed E-state index contributed by atoms with van der Waals surface area (Å²) in [6.07, 6.45) is 2.74. The van der Waals surface area contributed by atoms with Crippen LogP contribution in [0.5, 0.6) is 11.5 Å². The van der Waals surface area contributed by atoms with Crippen molar-refractivity contribution in [3.63, 3.8) is 0 Å². The number of benzene rings is 1. The van der Waals surface area contributed by atoms with E-state index in [-0.39, 0.29) is 11.6 Å². The lowest BCUT2D eigenvalue weighted by Gasteiger charge is -2.38. The predicted molar refractivity (Wildman–Crippen MR) is 86.1 cm³/mol. The molecule has 4 heteroatoms. The van der Waals surface area contributed by atoms with Crippen LogP contribution in [0.2, 0.25) is 0 Å². The lowest BCUT2D eigenvalue weighted by atomic mass is 9.89. The molecule has 4 nitrogen and oxygen atoms in total. The number of rotatable bonds is 4. The molecule has 3 rings (SSSR count). The Morgan fingerprint density at radius 3 is 2.91 bits per heavy atom. The van der Waals surface area contributed by atoms with Gasteiger partial charge in [0.15, 0.2) is 0 Å². The molecule has 0 bridgehead atoms. The van der Waals surface area contributed by atoms with Crippen LogP contribution in [0.1, 0.15) is 37.6 Å². The zero-order chi connectivity index (χ0) is 15.6. The van der Waals surface area contributed by atoms with E-state index < -0.39 is 0 Å². The fraction of sp³-hybridized carbons (Fsp3) is 0.389. The maximum atomic E-state index is 6.11. The summed E-state index contributed by atoms with van der Waals surface area (Å²) in [4.78, 5) is 4.37. The largest absolute Gasteiger partial charge is 0.497 e. The molecule has 0 aliphatic carbocycles. The van der Waals surface area contributed by atoms with Gasteiger partial charge < -0.3 is 14.8 Å². The summed E-state index contributed by atoms with van der Waals surface area (Å²) in [5.41, 5.74) is 2.01. The minimum atomic E-state index is -0.207. The quantitative estimate of drug-likeness (QED) is 0.938. The number of pyridine rings is 1. The van der Waals surface area contributed by atoms with E-state index in [1.165, 1.54) is 5.56 Å². The molecule has 1 atom stereocenters. The Morgan fingerprint density at radius 1 is 1.32 bits per heavy atom. The van der Waals surface area contributed by atoms with Gasteiger partial charge in [-0.3, -0.25) is 4.98 Å². The second kappa shape index (κ2) is 5.97. The molecule has 1 aromatic carbocycles. The van der Waals surface area contributed by atoms with Crippen molar-refractivity contribution >= 4 is 0 Å². The topological polar surface area (TPSA) is 43.4 Å². The van der Waals surface area contributed by atoms with Gasteiger partial charge in [0.05, 0.1) is 12.8 Å². The van der Waals surface area contributed by atoms with E-state index in [0.29, 0.717) is 0 Å². The first-order valence-electron chi connectivity index (χ1n) is 7.58. The van der Waals surface area contributed by atoms with Crippen molar-refractivity contribution in [2.24, 2.45) is 0 Å². The fourth-order valence-corrected chi connectivity index (χ4v) is 2.87. The van der Waals surface area contributed by atoms with Gasteiger partial charge in [0, 0.05) is 36.8 Å². The molecule has 0 saturated heterocycles. The second-order valence-corrected chi connectivity index (χ2v) is 6.22. The standard InChI is InChI=1S/C18H22N2O2/c1-18(2)11-16(20-12-13-6-4-5-9-19-13)15-8-7-14(21-3)10-17(15)22-18/h4-10,16,20H,11-12H2,1-3H3. The number of hydrogen-bond acceptors (Lipinski definition) is 4. The molecule has 1 aliphatic rings. The highest BCUT2D eigenvalue weighted by molar-refractivity contribution is 5.44. The molecular formula is C18H22N2O2. The summed E-state index contributed by atoms with van der Waals surface area (Å²) in [5.74, 6) is 1.72. The number of nitrogens with zero attached hydrogens (tertiary/aromatic N) is 1. The molecule has 1 N–H and O–H groups in total. The van der Waals surface area contributed by atoms with Crippen molar-refractivity contribution in [1.29, 1.82) is 0 Å². The molecule has 2 heterocycles. The molecule has 0 radical (unpaired) electrons. The zero-order valence-corrected chi connectivity index (χ0v) is 13.3. The minimum absolute atomic E-state index is 0.207. The van der Waals surface area contributed by atoms with Crippen LogP contribution in [0, 0.1) is 0 Å². The summed E-state index contributed by atoms with van der Waals surface area (Å²) in [6.45, 7) is 4.97. The van der Waals surface area contributed by atoms with E-state index in [1.807, 2.05) is 36.5 Å². The molecule has 1 unspecified atom stereocenters. The van der Waals surface area contributed by atoms with E-state index in [9.17, 15) is 0 Å². The Balaban J connectivity index is 1.82. The average Bonchev–Trinajstić information content (AvgIpc) is 2.52. The van der Waals surface area contributed by atoms with Gasteiger partial charge in [0.2, 0.25) is 0 Å². The smallest absolute Gasteiger partial charge is 0.128 e. The summed E-state index contributed by atoms with van der Waals surface area (Å²) < 4.78 is 11.4. The zero-order valence-electron chi connectivity index (χ0n) is 13.3. The highest BCUT2D eigenvalue weighted by Gasteiger charge is 2.33. The Kier molecular flexibility index (Phi) is 4.03. The minimum Gasteiger partial charge on any atom is -0.497 e. The Labute approximate surface area is 131 Å². The molecule has 0 amide bonds. The Hall–Kier alpha value is -2.07. The summed E-state index contributed by atoms with van der Waals surface area (Å²) in [6, 6.07) is 12.2. The van der Waals surface area contributed by atoms with Crippen molar-refractivity contribution < 1.29 is 9.47 Å². The summed E-state index contributed by atoms with van der Waals surface area (Å²) in [7, 11) is 1.67. The first-order valence-corrected chi connectivity index (χ1v) is 7.58. The van der Waals surface area contributed by atoms with Crippen LogP contribution < -0.4 is 14.8 Å². The van der Waals surface area contributed by atoms with E-state index in [1.54, 1.807) is 7.11 Å². The number of ether oxygens (including phenoxy) is 2. The van der Waals surface area contributed by atoms with Gasteiger partial charge in [-0.2, -0.15) is 0 Å². The van der Waals surface area contributed by atoms with Crippen molar-refractivity contribution in [2.45, 2.75) is 38.5 Å². The number of aromatic nitrogens is 1. The van der Waals surface area contributed by atoms with E-state index in [0.717, 1.165) is 30.2 Å². The normalized spacial score (nSPS) is 19.1.